The molecule has 0 atom stereocenters. The molecule has 0 unspecified atom stereocenters. The minimum Gasteiger partial charge on any atom is -0.335 e. The summed E-state index contributed by atoms with van der Waals surface area (Å²) >= 11 is 3.30. The number of rotatable bonds is 4. The summed E-state index contributed by atoms with van der Waals surface area (Å²) in [7, 11) is -3.62. The molecule has 3 aromatic rings. The number of benzene rings is 2. The van der Waals surface area contributed by atoms with Crippen molar-refractivity contribution in [3.8, 4) is 5.69 Å². The van der Waals surface area contributed by atoms with Gasteiger partial charge >= 0.3 is 0 Å². The number of hydrogen-bond donors (Lipinski definition) is 0. The van der Waals surface area contributed by atoms with Crippen molar-refractivity contribution in [2.45, 2.75) is 4.90 Å². The first kappa shape index (κ1) is 19.7. The van der Waals surface area contributed by atoms with Crippen LogP contribution in [0.2, 0.25) is 0 Å². The monoisotopic (exact) mass is 475 g/mol. The van der Waals surface area contributed by atoms with Crippen LogP contribution in [0, 0.1) is 0 Å². The van der Waals surface area contributed by atoms with Crippen LogP contribution >= 0.6 is 15.9 Å². The Balaban J connectivity index is 1.44. The Morgan fingerprint density at radius 3 is 2.28 bits per heavy atom. The molecule has 2 aromatic carbocycles. The third-order valence-electron chi connectivity index (χ3n) is 4.68. The van der Waals surface area contributed by atoms with Crippen molar-refractivity contribution in [1.82, 2.24) is 24.2 Å². The third kappa shape index (κ3) is 3.96. The minimum atomic E-state index is -3.62. The Morgan fingerprint density at radius 2 is 1.59 bits per heavy atom. The largest absolute Gasteiger partial charge is 0.335 e. The minimum absolute atomic E-state index is 0.224. The lowest BCUT2D eigenvalue weighted by Gasteiger charge is -2.33. The number of nitrogens with zero attached hydrogens (tertiary/aromatic N) is 5. The average molecular weight is 476 g/mol. The fourth-order valence-electron chi connectivity index (χ4n) is 3.13. The molecule has 2 heterocycles. The van der Waals surface area contributed by atoms with Crippen LogP contribution in [0.5, 0.6) is 0 Å². The SMILES string of the molecule is O=C(c1cnn(-c2ccccc2)n1)N1CCN(S(=O)(=O)c2ccccc2Br)CC1. The first-order chi connectivity index (χ1) is 14.0. The molecular formula is C19H18BrN5O3S. The van der Waals surface area contributed by atoms with Crippen LogP contribution < -0.4 is 0 Å². The van der Waals surface area contributed by atoms with Crippen molar-refractivity contribution in [2.75, 3.05) is 26.2 Å². The zero-order valence-corrected chi connectivity index (χ0v) is 17.8. The van der Waals surface area contributed by atoms with E-state index in [0.717, 1.165) is 5.69 Å². The quantitative estimate of drug-likeness (QED) is 0.576. The smallest absolute Gasteiger partial charge is 0.276 e. The van der Waals surface area contributed by atoms with E-state index in [-0.39, 0.29) is 29.6 Å². The van der Waals surface area contributed by atoms with E-state index in [2.05, 4.69) is 26.1 Å². The molecule has 0 aliphatic carbocycles. The number of amides is 1. The number of aromatic nitrogens is 3. The lowest BCUT2D eigenvalue weighted by Crippen LogP contribution is -2.50. The van der Waals surface area contributed by atoms with E-state index in [1.165, 1.54) is 15.3 Å². The summed E-state index contributed by atoms with van der Waals surface area (Å²) in [4.78, 5) is 16.0. The Hall–Kier alpha value is -2.56. The first-order valence-electron chi connectivity index (χ1n) is 8.98. The molecule has 0 saturated carbocycles. The molecule has 150 valence electrons. The number of carbonyl (C=O) groups is 1. The van der Waals surface area contributed by atoms with Gasteiger partial charge in [-0.2, -0.15) is 14.2 Å². The van der Waals surface area contributed by atoms with E-state index in [0.29, 0.717) is 17.6 Å². The molecule has 1 aliphatic rings. The number of hydrogen-bond acceptors (Lipinski definition) is 5. The fourth-order valence-corrected chi connectivity index (χ4v) is 5.52. The van der Waals surface area contributed by atoms with Gasteiger partial charge in [0.2, 0.25) is 10.0 Å². The van der Waals surface area contributed by atoms with Crippen molar-refractivity contribution < 1.29 is 13.2 Å². The third-order valence-corrected chi connectivity index (χ3v) is 7.59. The molecule has 29 heavy (non-hydrogen) atoms. The van der Waals surface area contributed by atoms with Crippen LogP contribution in [0.3, 0.4) is 0 Å². The second-order valence-corrected chi connectivity index (χ2v) is 9.24. The first-order valence-corrected chi connectivity index (χ1v) is 11.2. The van der Waals surface area contributed by atoms with Crippen LogP contribution in [0.4, 0.5) is 0 Å². The van der Waals surface area contributed by atoms with Gasteiger partial charge in [-0.3, -0.25) is 4.79 Å². The van der Waals surface area contributed by atoms with Crippen LogP contribution in [0.1, 0.15) is 10.5 Å². The van der Waals surface area contributed by atoms with Gasteiger partial charge in [0, 0.05) is 30.7 Å². The Bertz CT molecular complexity index is 1130. The van der Waals surface area contributed by atoms with Gasteiger partial charge in [-0.1, -0.05) is 30.3 Å². The van der Waals surface area contributed by atoms with Crippen LogP contribution in [-0.2, 0) is 10.0 Å². The van der Waals surface area contributed by atoms with E-state index >= 15 is 0 Å². The molecular weight excluding hydrogens is 458 g/mol. The highest BCUT2D eigenvalue weighted by Crippen LogP contribution is 2.25. The molecule has 1 aromatic heterocycles. The van der Waals surface area contributed by atoms with Crippen molar-refractivity contribution in [1.29, 1.82) is 0 Å². The molecule has 0 radical (unpaired) electrons. The van der Waals surface area contributed by atoms with Crippen LogP contribution in [-0.4, -0.2) is 64.7 Å². The molecule has 1 amide bonds. The van der Waals surface area contributed by atoms with E-state index in [9.17, 15) is 13.2 Å². The second kappa shape index (κ2) is 8.05. The zero-order chi connectivity index (χ0) is 20.4. The summed E-state index contributed by atoms with van der Waals surface area (Å²) in [5.41, 5.74) is 0.992. The molecule has 1 aliphatic heterocycles. The summed E-state index contributed by atoms with van der Waals surface area (Å²) < 4.78 is 27.7. The summed E-state index contributed by atoms with van der Waals surface area (Å²) in [6.45, 7) is 1.03. The zero-order valence-electron chi connectivity index (χ0n) is 15.3. The maximum absolute atomic E-state index is 12.9. The van der Waals surface area contributed by atoms with E-state index in [1.54, 1.807) is 29.2 Å². The van der Waals surface area contributed by atoms with Crippen molar-refractivity contribution in [2.24, 2.45) is 0 Å². The predicted octanol–water partition coefficient (Wildman–Crippen LogP) is 2.18. The second-order valence-electron chi connectivity index (χ2n) is 6.48. The number of sulfonamides is 1. The Kier molecular flexibility index (Phi) is 5.48. The number of carbonyl (C=O) groups excluding carboxylic acids is 1. The van der Waals surface area contributed by atoms with Gasteiger partial charge in [0.15, 0.2) is 5.69 Å². The highest BCUT2D eigenvalue weighted by atomic mass is 79.9. The number of halogens is 1. The standard InChI is InChI=1S/C19H18BrN5O3S/c20-16-8-4-5-9-18(16)29(27,28)24-12-10-23(11-13-24)19(26)17-14-21-25(22-17)15-6-2-1-3-7-15/h1-9,14H,10-13H2. The van der Waals surface area contributed by atoms with Crippen LogP contribution in [0.25, 0.3) is 5.69 Å². The topological polar surface area (TPSA) is 88.4 Å². The van der Waals surface area contributed by atoms with Gasteiger partial charge in [-0.15, -0.1) is 5.10 Å². The number of piperazine rings is 1. The predicted molar refractivity (Wildman–Crippen MR) is 110 cm³/mol. The van der Waals surface area contributed by atoms with Gasteiger partial charge in [0.1, 0.15) is 0 Å². The lowest BCUT2D eigenvalue weighted by atomic mass is 10.3. The van der Waals surface area contributed by atoms with Crippen molar-refractivity contribution in [3.63, 3.8) is 0 Å². The molecule has 0 N–H and O–H groups in total. The Morgan fingerprint density at radius 1 is 0.931 bits per heavy atom. The number of para-hydroxylation sites is 1. The summed E-state index contributed by atoms with van der Waals surface area (Å²) in [5, 5.41) is 8.41. The molecule has 4 rings (SSSR count). The van der Waals surface area contributed by atoms with Gasteiger partial charge in [-0.25, -0.2) is 8.42 Å². The maximum atomic E-state index is 12.9. The fraction of sp³-hybridized carbons (Fsp3) is 0.211. The van der Waals surface area contributed by atoms with Gasteiger partial charge in [0.05, 0.1) is 16.8 Å². The molecule has 10 heteroatoms. The average Bonchev–Trinajstić information content (AvgIpc) is 3.24. The summed E-state index contributed by atoms with van der Waals surface area (Å²) in [5.74, 6) is -0.259. The van der Waals surface area contributed by atoms with Gasteiger partial charge in [0.25, 0.3) is 5.91 Å². The molecule has 0 spiro atoms. The van der Waals surface area contributed by atoms with E-state index in [4.69, 9.17) is 0 Å². The highest BCUT2D eigenvalue weighted by molar-refractivity contribution is 9.10. The Labute approximate surface area is 176 Å². The van der Waals surface area contributed by atoms with Gasteiger partial charge < -0.3 is 4.90 Å². The lowest BCUT2D eigenvalue weighted by molar-refractivity contribution is 0.0691. The van der Waals surface area contributed by atoms with Crippen molar-refractivity contribution >= 4 is 31.9 Å². The molecule has 0 bridgehead atoms. The van der Waals surface area contributed by atoms with E-state index in [1.807, 2.05) is 30.3 Å². The maximum Gasteiger partial charge on any atom is 0.276 e. The normalized spacial score (nSPS) is 15.4. The summed E-state index contributed by atoms with van der Waals surface area (Å²) in [6, 6.07) is 16.0. The highest BCUT2D eigenvalue weighted by Gasteiger charge is 2.32. The summed E-state index contributed by atoms with van der Waals surface area (Å²) in [6.07, 6.45) is 1.43. The molecule has 1 saturated heterocycles. The van der Waals surface area contributed by atoms with Gasteiger partial charge in [-0.05, 0) is 40.2 Å². The molecule has 8 nitrogen and oxygen atoms in total. The molecule has 1 fully saturated rings. The van der Waals surface area contributed by atoms with Crippen molar-refractivity contribution in [3.05, 3.63) is 71.0 Å². The van der Waals surface area contributed by atoms with E-state index < -0.39 is 10.0 Å². The van der Waals surface area contributed by atoms with Crippen LogP contribution in [0.15, 0.2) is 70.2 Å².